The molecule has 0 aliphatic rings. The van der Waals surface area contributed by atoms with Gasteiger partial charge in [-0.1, -0.05) is 105 Å². The van der Waals surface area contributed by atoms with Crippen LogP contribution in [0, 0.1) is 0 Å². The van der Waals surface area contributed by atoms with Gasteiger partial charge in [-0.2, -0.15) is 0 Å². The van der Waals surface area contributed by atoms with Gasteiger partial charge in [0.25, 0.3) is 0 Å². The van der Waals surface area contributed by atoms with Crippen LogP contribution in [0.3, 0.4) is 0 Å². The van der Waals surface area contributed by atoms with E-state index in [1.54, 1.807) is 0 Å². The highest BCUT2D eigenvalue weighted by Crippen LogP contribution is 2.29. The smallest absolute Gasteiger partial charge is 0.234 e. The highest BCUT2D eigenvalue weighted by Gasteiger charge is 2.16. The Bertz CT molecular complexity index is 1240. The Kier molecular flexibility index (Phi) is 6.65. The molecule has 0 atom stereocenters. The Labute approximate surface area is 199 Å². The zero-order valence-electron chi connectivity index (χ0n) is 19.4. The van der Waals surface area contributed by atoms with Gasteiger partial charge in [0.1, 0.15) is 0 Å². The maximum atomic E-state index is 12.7. The molecule has 0 fully saturated rings. The molecule has 1 heterocycles. The lowest BCUT2D eigenvalue weighted by molar-refractivity contribution is -0.113. The van der Waals surface area contributed by atoms with Gasteiger partial charge in [0.05, 0.1) is 5.75 Å². The number of para-hydroxylation sites is 1. The van der Waals surface area contributed by atoms with Crippen molar-refractivity contribution in [1.82, 2.24) is 14.8 Å². The molecule has 0 saturated carbocycles. The third kappa shape index (κ3) is 5.34. The Morgan fingerprint density at radius 1 is 0.879 bits per heavy atom. The zero-order chi connectivity index (χ0) is 23.4. The van der Waals surface area contributed by atoms with E-state index in [1.807, 2.05) is 66.2 Å². The minimum absolute atomic E-state index is 0.0811. The number of hydrogen-bond donors (Lipinski definition) is 1. The van der Waals surface area contributed by atoms with E-state index in [1.165, 1.54) is 17.3 Å². The third-order valence-corrected chi connectivity index (χ3v) is 6.48. The number of hydrogen-bond acceptors (Lipinski definition) is 4. The number of thioether (sulfide) groups is 1. The van der Waals surface area contributed by atoms with Crippen molar-refractivity contribution in [2.75, 3.05) is 11.1 Å². The number of anilines is 1. The third-order valence-electron chi connectivity index (χ3n) is 5.46. The van der Waals surface area contributed by atoms with Crippen LogP contribution in [0.25, 0.3) is 22.5 Å². The lowest BCUT2D eigenvalue weighted by Crippen LogP contribution is -2.15. The molecule has 4 aromatic rings. The molecule has 4 rings (SSSR count). The van der Waals surface area contributed by atoms with Crippen molar-refractivity contribution in [3.05, 3.63) is 84.4 Å². The van der Waals surface area contributed by atoms with Crippen LogP contribution in [-0.4, -0.2) is 26.4 Å². The van der Waals surface area contributed by atoms with Gasteiger partial charge in [0.2, 0.25) is 5.91 Å². The largest absolute Gasteiger partial charge is 0.325 e. The van der Waals surface area contributed by atoms with E-state index in [2.05, 4.69) is 60.6 Å². The van der Waals surface area contributed by atoms with Crippen LogP contribution in [0.4, 0.5) is 5.69 Å². The van der Waals surface area contributed by atoms with Crippen LogP contribution in [0.2, 0.25) is 0 Å². The number of benzene rings is 3. The van der Waals surface area contributed by atoms with Gasteiger partial charge in [0.15, 0.2) is 11.0 Å². The molecule has 1 N–H and O–H groups in total. The van der Waals surface area contributed by atoms with Crippen molar-refractivity contribution in [2.24, 2.45) is 7.05 Å². The summed E-state index contributed by atoms with van der Waals surface area (Å²) in [5.41, 5.74) is 5.24. The summed E-state index contributed by atoms with van der Waals surface area (Å²) >= 11 is 1.38. The van der Waals surface area contributed by atoms with Gasteiger partial charge in [-0.3, -0.25) is 4.79 Å². The molecule has 0 radical (unpaired) electrons. The van der Waals surface area contributed by atoms with Crippen molar-refractivity contribution < 1.29 is 4.79 Å². The molecule has 3 aromatic carbocycles. The van der Waals surface area contributed by atoms with E-state index < -0.39 is 0 Å². The maximum absolute atomic E-state index is 12.7. The van der Waals surface area contributed by atoms with Crippen LogP contribution < -0.4 is 5.32 Å². The van der Waals surface area contributed by atoms with Crippen LogP contribution in [0.5, 0.6) is 0 Å². The molecule has 33 heavy (non-hydrogen) atoms. The quantitative estimate of drug-likeness (QED) is 0.352. The molecule has 0 bridgehead atoms. The van der Waals surface area contributed by atoms with E-state index in [0.717, 1.165) is 28.2 Å². The highest BCUT2D eigenvalue weighted by atomic mass is 32.2. The summed E-state index contributed by atoms with van der Waals surface area (Å²) in [7, 11) is 1.93. The molecular formula is C27H28N4OS. The van der Waals surface area contributed by atoms with Crippen LogP contribution in [0.1, 0.15) is 26.3 Å². The fraction of sp³-hybridized carbons (Fsp3) is 0.222. The summed E-state index contributed by atoms with van der Waals surface area (Å²) in [6, 6.07) is 26.3. The maximum Gasteiger partial charge on any atom is 0.234 e. The van der Waals surface area contributed by atoms with E-state index >= 15 is 0 Å². The van der Waals surface area contributed by atoms with Crippen LogP contribution in [0.15, 0.2) is 84.0 Å². The Balaban J connectivity index is 1.43. The summed E-state index contributed by atoms with van der Waals surface area (Å²) in [6.45, 7) is 6.59. The molecular weight excluding hydrogens is 428 g/mol. The van der Waals surface area contributed by atoms with Crippen molar-refractivity contribution in [1.29, 1.82) is 0 Å². The van der Waals surface area contributed by atoms with Gasteiger partial charge in [0, 0.05) is 23.9 Å². The number of nitrogens with one attached hydrogen (secondary N) is 1. The molecule has 1 aromatic heterocycles. The van der Waals surface area contributed by atoms with Gasteiger partial charge in [-0.15, -0.1) is 10.2 Å². The van der Waals surface area contributed by atoms with Crippen molar-refractivity contribution in [3.63, 3.8) is 0 Å². The number of aromatic nitrogens is 3. The topological polar surface area (TPSA) is 59.8 Å². The highest BCUT2D eigenvalue weighted by molar-refractivity contribution is 7.99. The summed E-state index contributed by atoms with van der Waals surface area (Å²) in [5.74, 6) is 0.952. The summed E-state index contributed by atoms with van der Waals surface area (Å²) in [5, 5.41) is 12.4. The predicted molar refractivity (Wildman–Crippen MR) is 136 cm³/mol. The zero-order valence-corrected chi connectivity index (χ0v) is 20.2. The first-order chi connectivity index (χ1) is 15.8. The second-order valence-corrected chi connectivity index (χ2v) is 9.88. The standard InChI is InChI=1S/C27H28N4OS/c1-27(2,3)21-16-14-20(15-17-21)25-29-30-26(31(25)4)33-18-24(32)28-23-13-9-8-12-22(23)19-10-6-5-7-11-19/h5-17H,18H2,1-4H3,(H,28,32). The first-order valence-corrected chi connectivity index (χ1v) is 11.9. The lowest BCUT2D eigenvalue weighted by atomic mass is 9.87. The number of rotatable bonds is 6. The van der Waals surface area contributed by atoms with Gasteiger partial charge in [-0.05, 0) is 22.6 Å². The van der Waals surface area contributed by atoms with E-state index in [-0.39, 0.29) is 17.1 Å². The van der Waals surface area contributed by atoms with Gasteiger partial charge < -0.3 is 9.88 Å². The average Bonchev–Trinajstić information content (AvgIpc) is 3.18. The van der Waals surface area contributed by atoms with Crippen LogP contribution >= 0.6 is 11.8 Å². The summed E-state index contributed by atoms with van der Waals surface area (Å²) in [4.78, 5) is 12.7. The van der Waals surface area contributed by atoms with Crippen molar-refractivity contribution in [2.45, 2.75) is 31.3 Å². The number of amides is 1. The monoisotopic (exact) mass is 456 g/mol. The van der Waals surface area contributed by atoms with E-state index in [9.17, 15) is 4.79 Å². The fourth-order valence-corrected chi connectivity index (χ4v) is 4.30. The molecule has 0 spiro atoms. The molecule has 5 nitrogen and oxygen atoms in total. The molecule has 6 heteroatoms. The normalized spacial score (nSPS) is 11.4. The first-order valence-electron chi connectivity index (χ1n) is 10.9. The fourth-order valence-electron chi connectivity index (χ4n) is 3.59. The SMILES string of the molecule is Cn1c(SCC(=O)Nc2ccccc2-c2ccccc2)nnc1-c1ccc(C(C)(C)C)cc1. The molecule has 168 valence electrons. The average molecular weight is 457 g/mol. The van der Waals surface area contributed by atoms with E-state index in [4.69, 9.17) is 0 Å². The molecule has 0 saturated heterocycles. The second-order valence-electron chi connectivity index (χ2n) is 8.94. The van der Waals surface area contributed by atoms with Crippen molar-refractivity contribution in [3.8, 4) is 22.5 Å². The molecule has 1 amide bonds. The lowest BCUT2D eigenvalue weighted by Gasteiger charge is -2.19. The van der Waals surface area contributed by atoms with Gasteiger partial charge >= 0.3 is 0 Å². The first kappa shape index (κ1) is 22.8. The Morgan fingerprint density at radius 3 is 2.24 bits per heavy atom. The van der Waals surface area contributed by atoms with Gasteiger partial charge in [-0.25, -0.2) is 0 Å². The van der Waals surface area contributed by atoms with Crippen molar-refractivity contribution >= 4 is 23.4 Å². The minimum Gasteiger partial charge on any atom is -0.325 e. The number of nitrogens with zero attached hydrogens (tertiary/aromatic N) is 3. The molecule has 0 aliphatic heterocycles. The summed E-state index contributed by atoms with van der Waals surface area (Å²) < 4.78 is 1.93. The predicted octanol–water partition coefficient (Wildman–Crippen LogP) is 6.18. The molecule has 0 aliphatic carbocycles. The van der Waals surface area contributed by atoms with Crippen LogP contribution in [-0.2, 0) is 17.3 Å². The molecule has 0 unspecified atom stereocenters. The number of carbonyl (C=O) groups is 1. The number of carbonyl (C=O) groups excluding carboxylic acids is 1. The second kappa shape index (κ2) is 9.63. The van der Waals surface area contributed by atoms with E-state index in [0.29, 0.717) is 5.16 Å². The minimum atomic E-state index is -0.0811. The Hall–Kier alpha value is -3.38. The Morgan fingerprint density at radius 2 is 1.55 bits per heavy atom. The summed E-state index contributed by atoms with van der Waals surface area (Å²) in [6.07, 6.45) is 0.